The van der Waals surface area contributed by atoms with E-state index in [0.29, 0.717) is 0 Å². The van der Waals surface area contributed by atoms with E-state index in [1.807, 2.05) is 0 Å². The monoisotopic (exact) mass is 400 g/mol. The van der Waals surface area contributed by atoms with Crippen molar-refractivity contribution in [3.63, 3.8) is 0 Å². The molecule has 5 nitrogen and oxygen atoms in total. The zero-order valence-electron chi connectivity index (χ0n) is 17.4. The van der Waals surface area contributed by atoms with Gasteiger partial charge in [0.25, 0.3) is 0 Å². The fourth-order valence-corrected chi connectivity index (χ4v) is 5.19. The van der Waals surface area contributed by atoms with E-state index in [-0.39, 0.29) is 0 Å². The van der Waals surface area contributed by atoms with Gasteiger partial charge in [0.1, 0.15) is 28.7 Å². The average molecular weight is 400 g/mol. The topological polar surface area (TPSA) is 46.2 Å². The molecular formula is C25H20O5. The van der Waals surface area contributed by atoms with Crippen LogP contribution < -0.4 is 23.7 Å². The normalized spacial score (nSPS) is 12.2. The molecule has 5 heteroatoms. The quantitative estimate of drug-likeness (QED) is 0.342. The predicted octanol–water partition coefficient (Wildman–Crippen LogP) is 5.81. The van der Waals surface area contributed by atoms with E-state index in [9.17, 15) is 0 Å². The highest BCUT2D eigenvalue weighted by Crippen LogP contribution is 2.57. The summed E-state index contributed by atoms with van der Waals surface area (Å²) >= 11 is 0. The maximum Gasteiger partial charge on any atom is 0.127 e. The number of methoxy groups -OCH3 is 5. The van der Waals surface area contributed by atoms with Crippen LogP contribution in [0.4, 0.5) is 0 Å². The highest BCUT2D eigenvalue weighted by Gasteiger charge is 2.28. The molecular weight excluding hydrogens is 380 g/mol. The molecule has 6 rings (SSSR count). The summed E-state index contributed by atoms with van der Waals surface area (Å²) in [5.41, 5.74) is 0. The second-order valence-electron chi connectivity index (χ2n) is 7.51. The van der Waals surface area contributed by atoms with E-state index in [4.69, 9.17) is 23.7 Å². The first-order valence-corrected chi connectivity index (χ1v) is 9.70. The first-order chi connectivity index (χ1) is 14.7. The average Bonchev–Trinajstić information content (AvgIpc) is 3.15. The zero-order chi connectivity index (χ0) is 20.7. The van der Waals surface area contributed by atoms with E-state index < -0.39 is 0 Å². The van der Waals surface area contributed by atoms with Crippen molar-refractivity contribution in [2.45, 2.75) is 0 Å². The summed E-state index contributed by atoms with van der Waals surface area (Å²) in [6.45, 7) is 0. The lowest BCUT2D eigenvalue weighted by Crippen LogP contribution is -1.92. The Hall–Kier alpha value is -3.60. The lowest BCUT2D eigenvalue weighted by atomic mass is 9.97. The van der Waals surface area contributed by atoms with Crippen molar-refractivity contribution in [2.75, 3.05) is 35.5 Å². The van der Waals surface area contributed by atoms with Gasteiger partial charge in [0.05, 0.1) is 35.5 Å². The predicted molar refractivity (Wildman–Crippen MR) is 120 cm³/mol. The summed E-state index contributed by atoms with van der Waals surface area (Å²) in [6, 6.07) is 10.3. The van der Waals surface area contributed by atoms with Gasteiger partial charge in [0.15, 0.2) is 0 Å². The Morgan fingerprint density at radius 3 is 0.633 bits per heavy atom. The molecule has 6 aromatic rings. The molecule has 0 unspecified atom stereocenters. The van der Waals surface area contributed by atoms with Gasteiger partial charge in [-0.2, -0.15) is 0 Å². The molecule has 6 aromatic carbocycles. The lowest BCUT2D eigenvalue weighted by molar-refractivity contribution is 0.413. The van der Waals surface area contributed by atoms with Crippen LogP contribution in [0.1, 0.15) is 0 Å². The van der Waals surface area contributed by atoms with Gasteiger partial charge in [0.2, 0.25) is 0 Å². The summed E-state index contributed by atoms with van der Waals surface area (Å²) in [5.74, 6) is 3.95. The van der Waals surface area contributed by atoms with Gasteiger partial charge >= 0.3 is 0 Å². The van der Waals surface area contributed by atoms with Crippen LogP contribution in [-0.2, 0) is 0 Å². The summed E-state index contributed by atoms with van der Waals surface area (Å²) in [6.07, 6.45) is 0. The Balaban J connectivity index is 2.08. The molecule has 150 valence electrons. The number of hydrogen-bond donors (Lipinski definition) is 0. The van der Waals surface area contributed by atoms with Gasteiger partial charge < -0.3 is 23.7 Å². The van der Waals surface area contributed by atoms with Crippen molar-refractivity contribution in [2.24, 2.45) is 0 Å². The summed E-state index contributed by atoms with van der Waals surface area (Å²) in [4.78, 5) is 0. The molecule has 0 spiro atoms. The number of benzene rings is 5. The number of ether oxygens (including phenoxy) is 5. The SMILES string of the molecule is COc1cc2c(OC)cc3c(OC)cc4c(OC)cc5c(OC)cc1c1c5c4c3c21. The Bertz CT molecular complexity index is 1270. The van der Waals surface area contributed by atoms with Crippen molar-refractivity contribution >= 4 is 53.9 Å². The molecule has 0 fully saturated rings. The minimum absolute atomic E-state index is 0.791. The van der Waals surface area contributed by atoms with E-state index in [2.05, 4.69) is 30.3 Å². The highest BCUT2D eigenvalue weighted by atomic mass is 16.5. The van der Waals surface area contributed by atoms with Crippen LogP contribution in [0, 0.1) is 0 Å². The molecule has 0 aromatic heterocycles. The van der Waals surface area contributed by atoms with Gasteiger partial charge in [-0.3, -0.25) is 0 Å². The Kier molecular flexibility index (Phi) is 3.30. The van der Waals surface area contributed by atoms with Gasteiger partial charge in [0, 0.05) is 53.9 Å². The molecule has 0 aliphatic heterocycles. The maximum atomic E-state index is 5.79. The van der Waals surface area contributed by atoms with Crippen LogP contribution in [0.15, 0.2) is 30.3 Å². The molecule has 0 radical (unpaired) electrons. The molecule has 0 atom stereocenters. The minimum Gasteiger partial charge on any atom is -0.496 e. The molecule has 30 heavy (non-hydrogen) atoms. The van der Waals surface area contributed by atoms with Crippen LogP contribution in [0.3, 0.4) is 0 Å². The molecule has 0 saturated carbocycles. The fraction of sp³-hybridized carbons (Fsp3) is 0.200. The second kappa shape index (κ2) is 5.72. The van der Waals surface area contributed by atoms with Crippen molar-refractivity contribution in [3.8, 4) is 28.7 Å². The lowest BCUT2D eigenvalue weighted by Gasteiger charge is -2.14. The largest absolute Gasteiger partial charge is 0.496 e. The van der Waals surface area contributed by atoms with Crippen LogP contribution in [0.5, 0.6) is 28.7 Å². The van der Waals surface area contributed by atoms with E-state index in [0.717, 1.165) is 82.6 Å². The van der Waals surface area contributed by atoms with Crippen molar-refractivity contribution in [1.82, 2.24) is 0 Å². The van der Waals surface area contributed by atoms with Crippen molar-refractivity contribution < 1.29 is 23.7 Å². The molecule has 0 heterocycles. The number of hydrogen-bond acceptors (Lipinski definition) is 5. The Morgan fingerprint density at radius 2 is 0.500 bits per heavy atom. The van der Waals surface area contributed by atoms with Gasteiger partial charge in [-0.05, 0) is 30.3 Å². The van der Waals surface area contributed by atoms with Crippen molar-refractivity contribution in [1.29, 1.82) is 0 Å². The molecule has 0 aliphatic rings. The third-order valence-electron chi connectivity index (χ3n) is 6.40. The summed E-state index contributed by atoms with van der Waals surface area (Å²) in [5, 5.41) is 10.9. The maximum absolute atomic E-state index is 5.79. The smallest absolute Gasteiger partial charge is 0.127 e. The van der Waals surface area contributed by atoms with E-state index in [1.54, 1.807) is 35.5 Å². The second-order valence-corrected chi connectivity index (χ2v) is 7.51. The van der Waals surface area contributed by atoms with Crippen LogP contribution in [-0.4, -0.2) is 35.5 Å². The van der Waals surface area contributed by atoms with Crippen molar-refractivity contribution in [3.05, 3.63) is 30.3 Å². The molecule has 0 aliphatic carbocycles. The molecule has 0 bridgehead atoms. The molecule has 0 saturated heterocycles. The molecule has 0 N–H and O–H groups in total. The van der Waals surface area contributed by atoms with Gasteiger partial charge in [-0.15, -0.1) is 0 Å². The summed E-state index contributed by atoms with van der Waals surface area (Å²) < 4.78 is 29.0. The highest BCUT2D eigenvalue weighted by molar-refractivity contribution is 6.47. The van der Waals surface area contributed by atoms with Crippen LogP contribution in [0.25, 0.3) is 53.9 Å². The first kappa shape index (κ1) is 17.3. The van der Waals surface area contributed by atoms with E-state index in [1.165, 1.54) is 0 Å². The number of rotatable bonds is 5. The third kappa shape index (κ3) is 1.79. The van der Waals surface area contributed by atoms with Crippen LogP contribution in [0.2, 0.25) is 0 Å². The van der Waals surface area contributed by atoms with Crippen LogP contribution >= 0.6 is 0 Å². The standard InChI is InChI=1S/C25H20O5/c1-26-16-6-12-18(28-3)8-14-20(30-5)10-15-19(29-4)9-13-17(27-2)7-11(16)21-22(12)24(14)25(15)23(13)21/h6-10H,1-5H3. The first-order valence-electron chi connectivity index (χ1n) is 9.70. The summed E-state index contributed by atoms with van der Waals surface area (Å²) in [7, 11) is 8.47. The zero-order valence-corrected chi connectivity index (χ0v) is 17.4. The fourth-order valence-electron chi connectivity index (χ4n) is 5.19. The van der Waals surface area contributed by atoms with E-state index >= 15 is 0 Å². The van der Waals surface area contributed by atoms with Gasteiger partial charge in [-0.1, -0.05) is 0 Å². The van der Waals surface area contributed by atoms with Gasteiger partial charge in [-0.25, -0.2) is 0 Å². The minimum atomic E-state index is 0.791. The third-order valence-corrected chi connectivity index (χ3v) is 6.40. The molecule has 0 amide bonds. The Labute approximate surface area is 172 Å². The Morgan fingerprint density at radius 1 is 0.333 bits per heavy atom.